The molecule has 0 aromatic heterocycles. The number of rotatable bonds is 3. The molecule has 1 aromatic carbocycles. The second kappa shape index (κ2) is 6.13. The molecule has 1 heterocycles. The van der Waals surface area contributed by atoms with Gasteiger partial charge in [-0.3, -0.25) is 0 Å². The van der Waals surface area contributed by atoms with Crippen molar-refractivity contribution in [1.29, 1.82) is 0 Å². The average molecular weight is 292 g/mol. The summed E-state index contributed by atoms with van der Waals surface area (Å²) in [7, 11) is 0. The summed E-state index contributed by atoms with van der Waals surface area (Å²) in [6.45, 7) is 4.81. The number of urea groups is 1. The van der Waals surface area contributed by atoms with E-state index in [2.05, 4.69) is 10.6 Å². The molecule has 0 saturated carbocycles. The van der Waals surface area contributed by atoms with E-state index >= 15 is 0 Å². The third-order valence-electron chi connectivity index (χ3n) is 3.67. The van der Waals surface area contributed by atoms with E-state index in [9.17, 15) is 9.59 Å². The van der Waals surface area contributed by atoms with Gasteiger partial charge in [0.15, 0.2) is 0 Å². The molecule has 0 spiro atoms. The smallest absolute Gasteiger partial charge is 0.336 e. The van der Waals surface area contributed by atoms with Gasteiger partial charge in [-0.05, 0) is 44.4 Å². The van der Waals surface area contributed by atoms with Crippen LogP contribution < -0.4 is 10.6 Å². The van der Waals surface area contributed by atoms with Gasteiger partial charge in [0.2, 0.25) is 0 Å². The minimum atomic E-state index is -1.01. The first-order valence-electron chi connectivity index (χ1n) is 6.91. The largest absolute Gasteiger partial charge is 0.478 e. The predicted octanol–water partition coefficient (Wildman–Crippen LogP) is 2.38. The van der Waals surface area contributed by atoms with Gasteiger partial charge in [0.1, 0.15) is 0 Å². The number of anilines is 1. The lowest BCUT2D eigenvalue weighted by Crippen LogP contribution is -2.52. The van der Waals surface area contributed by atoms with Gasteiger partial charge >= 0.3 is 12.0 Å². The number of carbonyl (C=O) groups is 2. The Labute approximate surface area is 123 Å². The van der Waals surface area contributed by atoms with Crippen molar-refractivity contribution in [2.45, 2.75) is 32.2 Å². The summed E-state index contributed by atoms with van der Waals surface area (Å²) in [4.78, 5) is 23.2. The minimum Gasteiger partial charge on any atom is -0.478 e. The van der Waals surface area contributed by atoms with E-state index in [0.29, 0.717) is 17.9 Å². The summed E-state index contributed by atoms with van der Waals surface area (Å²) in [5.41, 5.74) is 0.818. The third-order valence-corrected chi connectivity index (χ3v) is 3.67. The van der Waals surface area contributed by atoms with E-state index in [1.165, 1.54) is 6.07 Å². The first-order chi connectivity index (χ1) is 9.91. The zero-order valence-electron chi connectivity index (χ0n) is 12.2. The number of carbonyl (C=O) groups excluding carboxylic acids is 1. The van der Waals surface area contributed by atoms with E-state index in [1.54, 1.807) is 19.1 Å². The molecule has 1 aliphatic rings. The number of aromatic carboxylic acids is 1. The molecule has 21 heavy (non-hydrogen) atoms. The maximum absolute atomic E-state index is 12.1. The lowest BCUT2D eigenvalue weighted by Gasteiger charge is -2.34. The normalized spacial score (nSPS) is 21.6. The molecule has 6 nitrogen and oxygen atoms in total. The summed E-state index contributed by atoms with van der Waals surface area (Å²) in [6, 6.07) is 4.45. The third kappa shape index (κ3) is 3.72. The van der Waals surface area contributed by atoms with Crippen LogP contribution in [0.15, 0.2) is 18.2 Å². The molecule has 1 unspecified atom stereocenters. The van der Waals surface area contributed by atoms with Crippen molar-refractivity contribution in [2.24, 2.45) is 0 Å². The Hall–Kier alpha value is -2.08. The van der Waals surface area contributed by atoms with E-state index in [-0.39, 0.29) is 17.1 Å². The first-order valence-corrected chi connectivity index (χ1v) is 6.91. The monoisotopic (exact) mass is 292 g/mol. The van der Waals surface area contributed by atoms with Crippen LogP contribution in [0.1, 0.15) is 35.7 Å². The highest BCUT2D eigenvalue weighted by atomic mass is 16.5. The molecule has 0 radical (unpaired) electrons. The van der Waals surface area contributed by atoms with E-state index in [1.807, 2.05) is 6.92 Å². The molecule has 0 aliphatic carbocycles. The molecular formula is C15H20N2O4. The van der Waals surface area contributed by atoms with Gasteiger partial charge in [0, 0.05) is 12.3 Å². The van der Waals surface area contributed by atoms with Gasteiger partial charge in [0.05, 0.1) is 17.7 Å². The zero-order chi connectivity index (χ0) is 15.5. The molecule has 3 N–H and O–H groups in total. The summed E-state index contributed by atoms with van der Waals surface area (Å²) in [5.74, 6) is -1.01. The molecule has 1 fully saturated rings. The fourth-order valence-electron chi connectivity index (χ4n) is 2.46. The lowest BCUT2D eigenvalue weighted by atomic mass is 9.95. The maximum Gasteiger partial charge on any atom is 0.336 e. The summed E-state index contributed by atoms with van der Waals surface area (Å²) >= 11 is 0. The average Bonchev–Trinajstić information content (AvgIpc) is 2.41. The van der Waals surface area contributed by atoms with Crippen molar-refractivity contribution in [2.75, 3.05) is 18.5 Å². The summed E-state index contributed by atoms with van der Waals surface area (Å²) in [6.07, 6.45) is 1.76. The first kappa shape index (κ1) is 15.3. The second-order valence-corrected chi connectivity index (χ2v) is 5.58. The number of hydrogen-bond donors (Lipinski definition) is 3. The quantitative estimate of drug-likeness (QED) is 0.798. The number of ether oxygens (including phenoxy) is 1. The molecule has 1 saturated heterocycles. The van der Waals surface area contributed by atoms with Crippen LogP contribution in [0.4, 0.5) is 10.5 Å². The standard InChI is InChI=1S/C15H20N2O4/c1-10-11(13(18)19)5-3-6-12(10)16-14(20)17-15(2)7-4-8-21-9-15/h3,5-6H,4,7-9H2,1-2H3,(H,18,19)(H2,16,17,20). The molecule has 1 aliphatic heterocycles. The van der Waals surface area contributed by atoms with E-state index in [4.69, 9.17) is 9.84 Å². The van der Waals surface area contributed by atoms with Gasteiger partial charge in [-0.2, -0.15) is 0 Å². The van der Waals surface area contributed by atoms with Gasteiger partial charge in [0.25, 0.3) is 0 Å². The predicted molar refractivity (Wildman–Crippen MR) is 78.8 cm³/mol. The van der Waals surface area contributed by atoms with Crippen LogP contribution in [-0.4, -0.2) is 35.9 Å². The van der Waals surface area contributed by atoms with Crippen LogP contribution >= 0.6 is 0 Å². The molecule has 2 amide bonds. The Morgan fingerprint density at radius 1 is 1.38 bits per heavy atom. The number of hydrogen-bond acceptors (Lipinski definition) is 3. The Bertz CT molecular complexity index is 551. The van der Waals surface area contributed by atoms with Gasteiger partial charge in [-0.25, -0.2) is 9.59 Å². The van der Waals surface area contributed by atoms with Crippen LogP contribution in [0.2, 0.25) is 0 Å². The second-order valence-electron chi connectivity index (χ2n) is 5.58. The maximum atomic E-state index is 12.1. The minimum absolute atomic E-state index is 0.181. The molecule has 1 aromatic rings. The Morgan fingerprint density at radius 2 is 2.14 bits per heavy atom. The molecule has 0 bridgehead atoms. The highest BCUT2D eigenvalue weighted by Crippen LogP contribution is 2.21. The van der Waals surface area contributed by atoms with Crippen LogP contribution in [0, 0.1) is 6.92 Å². The number of carboxylic acid groups (broad SMARTS) is 1. The lowest BCUT2D eigenvalue weighted by molar-refractivity contribution is 0.0342. The SMILES string of the molecule is Cc1c(NC(=O)NC2(C)CCCOC2)cccc1C(=O)O. The van der Waals surface area contributed by atoms with Crippen molar-refractivity contribution >= 4 is 17.7 Å². The molecule has 1 atom stereocenters. The van der Waals surface area contributed by atoms with E-state index < -0.39 is 5.97 Å². The highest BCUT2D eigenvalue weighted by Gasteiger charge is 2.29. The van der Waals surface area contributed by atoms with Crippen molar-refractivity contribution in [1.82, 2.24) is 5.32 Å². The van der Waals surface area contributed by atoms with Crippen molar-refractivity contribution in [3.8, 4) is 0 Å². The highest BCUT2D eigenvalue weighted by molar-refractivity contribution is 5.95. The van der Waals surface area contributed by atoms with Crippen LogP contribution in [0.3, 0.4) is 0 Å². The molecule has 114 valence electrons. The Morgan fingerprint density at radius 3 is 2.76 bits per heavy atom. The molecular weight excluding hydrogens is 272 g/mol. The topological polar surface area (TPSA) is 87.7 Å². The molecule has 2 rings (SSSR count). The van der Waals surface area contributed by atoms with Crippen LogP contribution in [0.5, 0.6) is 0 Å². The fraction of sp³-hybridized carbons (Fsp3) is 0.467. The van der Waals surface area contributed by atoms with Gasteiger partial charge in [-0.1, -0.05) is 6.07 Å². The Balaban J connectivity index is 2.06. The number of carboxylic acids is 1. The van der Waals surface area contributed by atoms with Crippen molar-refractivity contribution in [3.05, 3.63) is 29.3 Å². The number of amides is 2. The Kier molecular flexibility index (Phi) is 4.47. The summed E-state index contributed by atoms with van der Waals surface area (Å²) < 4.78 is 5.39. The number of benzene rings is 1. The van der Waals surface area contributed by atoms with E-state index in [0.717, 1.165) is 19.4 Å². The van der Waals surface area contributed by atoms with Crippen LogP contribution in [-0.2, 0) is 4.74 Å². The number of nitrogens with one attached hydrogen (secondary N) is 2. The van der Waals surface area contributed by atoms with Crippen molar-refractivity contribution in [3.63, 3.8) is 0 Å². The fourth-order valence-corrected chi connectivity index (χ4v) is 2.46. The molecule has 6 heteroatoms. The van der Waals surface area contributed by atoms with Crippen LogP contribution in [0.25, 0.3) is 0 Å². The zero-order valence-corrected chi connectivity index (χ0v) is 12.2. The van der Waals surface area contributed by atoms with Gasteiger partial charge < -0.3 is 20.5 Å². The van der Waals surface area contributed by atoms with Crippen molar-refractivity contribution < 1.29 is 19.4 Å². The van der Waals surface area contributed by atoms with Gasteiger partial charge in [-0.15, -0.1) is 0 Å². The summed E-state index contributed by atoms with van der Waals surface area (Å²) in [5, 5.41) is 14.7.